The number of rotatable bonds is 12. The van der Waals surface area contributed by atoms with E-state index in [1.807, 2.05) is 0 Å². The van der Waals surface area contributed by atoms with Crippen LogP contribution < -0.4 is 23.7 Å². The van der Waals surface area contributed by atoms with Crippen molar-refractivity contribution in [2.24, 2.45) is 0 Å². The number of alkyl halides is 7. The van der Waals surface area contributed by atoms with Crippen molar-refractivity contribution >= 4 is 0 Å². The molecule has 2 heterocycles. The predicted octanol–water partition coefficient (Wildman–Crippen LogP) is 6.77. The second-order valence-corrected chi connectivity index (χ2v) is 8.70. The summed E-state index contributed by atoms with van der Waals surface area (Å²) in [5.74, 6) is -1.91. The van der Waals surface area contributed by atoms with Crippen LogP contribution in [0.15, 0.2) is 85.3 Å². The average molecular weight is 598 g/mol. The molecular weight excluding hydrogens is 577 g/mol. The van der Waals surface area contributed by atoms with Crippen molar-refractivity contribution in [1.29, 1.82) is 0 Å². The smallest absolute Gasteiger partial charge is 0.573 e. The minimum atomic E-state index is -4.81. The summed E-state index contributed by atoms with van der Waals surface area (Å²) in [6, 6.07) is 15.1. The fourth-order valence-electron chi connectivity index (χ4n) is 3.99. The Morgan fingerprint density at radius 1 is 0.762 bits per heavy atom. The van der Waals surface area contributed by atoms with Gasteiger partial charge in [0, 0.05) is 30.3 Å². The molecule has 0 amide bonds. The number of pyridine rings is 2. The van der Waals surface area contributed by atoms with E-state index in [1.165, 1.54) is 48.9 Å². The quantitative estimate of drug-likeness (QED) is 0.102. The van der Waals surface area contributed by atoms with Crippen LogP contribution in [-0.4, -0.2) is 24.6 Å². The van der Waals surface area contributed by atoms with Crippen LogP contribution in [0, 0.1) is 5.21 Å². The zero-order chi connectivity index (χ0) is 30.3. The first-order chi connectivity index (χ1) is 19.9. The molecule has 4 aromatic rings. The van der Waals surface area contributed by atoms with Crippen LogP contribution in [0.2, 0.25) is 0 Å². The van der Waals surface area contributed by atoms with Gasteiger partial charge in [0.25, 0.3) is 0 Å². The lowest BCUT2D eigenvalue weighted by atomic mass is 9.87. The molecule has 222 valence electrons. The van der Waals surface area contributed by atoms with Gasteiger partial charge >= 0.3 is 19.6 Å². The highest BCUT2D eigenvalue weighted by Gasteiger charge is 2.31. The predicted molar refractivity (Wildman–Crippen MR) is 132 cm³/mol. The van der Waals surface area contributed by atoms with Crippen LogP contribution in [-0.2, 0) is 13.0 Å². The highest BCUT2D eigenvalue weighted by molar-refractivity contribution is 5.47. The van der Waals surface area contributed by atoms with E-state index in [-0.39, 0.29) is 24.7 Å². The Kier molecular flexibility index (Phi) is 9.55. The molecule has 0 radical (unpaired) electrons. The van der Waals surface area contributed by atoms with Crippen molar-refractivity contribution in [1.82, 2.24) is 4.98 Å². The first-order valence-corrected chi connectivity index (χ1v) is 12.1. The maximum Gasteiger partial charge on any atom is 0.573 e. The molecule has 0 spiro atoms. The molecule has 0 saturated carbocycles. The van der Waals surface area contributed by atoms with E-state index < -0.39 is 37.0 Å². The standard InChI is InChI=1S/C28H21F7N2O5/c29-26(30)40-23-7-3-19(14-24(23)41-27(31)32)22(13-17-9-11-37(38)12-10-17)20-4-8-25(36-15-20)39-16-18-1-5-21(6-2-18)42-28(33,34)35/h1-12,14-15,22,26-27H,13,16H2. The topological polar surface area (TPSA) is 76.8 Å². The second-order valence-electron chi connectivity index (χ2n) is 8.70. The highest BCUT2D eigenvalue weighted by atomic mass is 19.4. The first-order valence-electron chi connectivity index (χ1n) is 12.1. The Balaban J connectivity index is 1.56. The third-order valence-corrected chi connectivity index (χ3v) is 5.82. The third-order valence-electron chi connectivity index (χ3n) is 5.82. The summed E-state index contributed by atoms with van der Waals surface area (Å²) in [5, 5.41) is 11.5. The molecule has 0 aliphatic carbocycles. The number of benzene rings is 2. The van der Waals surface area contributed by atoms with E-state index in [0.717, 1.165) is 18.2 Å². The fraction of sp³-hybridized carbons (Fsp3) is 0.214. The molecule has 2 aromatic heterocycles. The van der Waals surface area contributed by atoms with Crippen molar-refractivity contribution < 1.29 is 54.4 Å². The van der Waals surface area contributed by atoms with Gasteiger partial charge in [-0.2, -0.15) is 22.3 Å². The molecule has 1 unspecified atom stereocenters. The number of ether oxygens (including phenoxy) is 4. The molecule has 0 N–H and O–H groups in total. The Labute approximate surface area is 234 Å². The van der Waals surface area contributed by atoms with E-state index in [2.05, 4.69) is 19.2 Å². The summed E-state index contributed by atoms with van der Waals surface area (Å²) in [6.07, 6.45) is -0.506. The van der Waals surface area contributed by atoms with Gasteiger partial charge in [0.15, 0.2) is 23.9 Å². The van der Waals surface area contributed by atoms with E-state index in [4.69, 9.17) is 4.74 Å². The molecule has 1 atom stereocenters. The van der Waals surface area contributed by atoms with E-state index in [0.29, 0.717) is 27.0 Å². The zero-order valence-electron chi connectivity index (χ0n) is 21.3. The van der Waals surface area contributed by atoms with Gasteiger partial charge in [-0.05, 0) is 52.9 Å². The van der Waals surface area contributed by atoms with Crippen LogP contribution >= 0.6 is 0 Å². The van der Waals surface area contributed by atoms with E-state index >= 15 is 0 Å². The SMILES string of the molecule is [O-][n+]1ccc(CC(c2ccc(OCc3ccc(OC(F)(F)F)cc3)nc2)c2ccc(OC(F)F)c(OC(F)F)c2)cc1. The zero-order valence-corrected chi connectivity index (χ0v) is 21.3. The van der Waals surface area contributed by atoms with Crippen molar-refractivity contribution in [3.05, 3.63) is 113 Å². The Hall–Kier alpha value is -4.75. The molecule has 0 aliphatic heterocycles. The van der Waals surface area contributed by atoms with Crippen LogP contribution in [0.3, 0.4) is 0 Å². The molecule has 4 rings (SSSR count). The number of aromatic nitrogens is 2. The van der Waals surface area contributed by atoms with Gasteiger partial charge in [-0.1, -0.05) is 24.3 Å². The van der Waals surface area contributed by atoms with Crippen molar-refractivity contribution in [2.45, 2.75) is 38.5 Å². The van der Waals surface area contributed by atoms with Gasteiger partial charge in [0.05, 0.1) is 0 Å². The second kappa shape index (κ2) is 13.3. The van der Waals surface area contributed by atoms with Crippen molar-refractivity contribution in [2.75, 3.05) is 0 Å². The lowest BCUT2D eigenvalue weighted by molar-refractivity contribution is -0.605. The average Bonchev–Trinajstić information content (AvgIpc) is 2.92. The molecule has 0 bridgehead atoms. The molecule has 0 saturated heterocycles. The molecule has 42 heavy (non-hydrogen) atoms. The summed E-state index contributed by atoms with van der Waals surface area (Å²) >= 11 is 0. The van der Waals surface area contributed by atoms with Gasteiger partial charge in [0.1, 0.15) is 12.4 Å². The van der Waals surface area contributed by atoms with E-state index in [9.17, 15) is 35.9 Å². The molecule has 14 heteroatoms. The van der Waals surface area contributed by atoms with Gasteiger partial charge < -0.3 is 24.2 Å². The Morgan fingerprint density at radius 3 is 2.00 bits per heavy atom. The maximum atomic E-state index is 13.0. The maximum absolute atomic E-state index is 13.0. The largest absolute Gasteiger partial charge is 0.619 e. The van der Waals surface area contributed by atoms with Crippen LogP contribution in [0.5, 0.6) is 23.1 Å². The minimum absolute atomic E-state index is 0.0127. The van der Waals surface area contributed by atoms with Gasteiger partial charge in [-0.15, -0.1) is 13.2 Å². The van der Waals surface area contributed by atoms with Crippen LogP contribution in [0.25, 0.3) is 0 Å². The van der Waals surface area contributed by atoms with Crippen molar-refractivity contribution in [3.63, 3.8) is 0 Å². The van der Waals surface area contributed by atoms with Crippen molar-refractivity contribution in [3.8, 4) is 23.1 Å². The summed E-state index contributed by atoms with van der Waals surface area (Å²) in [6.45, 7) is -6.58. The number of hydrogen-bond donors (Lipinski definition) is 0. The lowest BCUT2D eigenvalue weighted by Crippen LogP contribution is -2.24. The first kappa shape index (κ1) is 30.2. The van der Waals surface area contributed by atoms with Gasteiger partial charge in [0.2, 0.25) is 5.88 Å². The lowest BCUT2D eigenvalue weighted by Gasteiger charge is -2.20. The monoisotopic (exact) mass is 598 g/mol. The highest BCUT2D eigenvalue weighted by Crippen LogP contribution is 2.37. The Morgan fingerprint density at radius 2 is 1.40 bits per heavy atom. The normalized spacial score (nSPS) is 12.3. The molecule has 0 fully saturated rings. The Bertz CT molecular complexity index is 1440. The molecular formula is C28H21F7N2O5. The summed E-state index contributed by atoms with van der Waals surface area (Å²) < 4.78 is 107. The number of halogens is 7. The van der Waals surface area contributed by atoms with E-state index in [1.54, 1.807) is 18.2 Å². The minimum Gasteiger partial charge on any atom is -0.619 e. The summed E-state index contributed by atoms with van der Waals surface area (Å²) in [7, 11) is 0. The number of hydrogen-bond acceptors (Lipinski definition) is 6. The van der Waals surface area contributed by atoms with Crippen LogP contribution in [0.1, 0.15) is 28.2 Å². The third kappa shape index (κ3) is 8.88. The summed E-state index contributed by atoms with van der Waals surface area (Å²) in [4.78, 5) is 4.26. The molecule has 7 nitrogen and oxygen atoms in total. The molecule has 0 aliphatic rings. The number of nitrogens with zero attached hydrogens (tertiary/aromatic N) is 2. The molecule has 2 aromatic carbocycles. The fourth-order valence-corrected chi connectivity index (χ4v) is 3.99. The summed E-state index contributed by atoms with van der Waals surface area (Å²) in [5.41, 5.74) is 2.24. The van der Waals surface area contributed by atoms with Gasteiger partial charge in [-0.25, -0.2) is 4.98 Å². The van der Waals surface area contributed by atoms with Crippen LogP contribution in [0.4, 0.5) is 30.7 Å². The van der Waals surface area contributed by atoms with Gasteiger partial charge in [-0.3, -0.25) is 0 Å².